The topological polar surface area (TPSA) is 37.4 Å². The monoisotopic (exact) mass is 299 g/mol. The molecular weight excluding hydrogens is 285 g/mol. The third kappa shape index (κ3) is 3.02. The number of aryl methyl sites for hydroxylation is 1. The van der Waals surface area contributed by atoms with Crippen molar-refractivity contribution >= 4 is 21.4 Å². The molecule has 2 aromatic rings. The first kappa shape index (κ1) is 14.2. The lowest BCUT2D eigenvalue weighted by Crippen LogP contribution is -2.26. The number of hydrogen-bond donors (Lipinski definition) is 0. The molecule has 0 aliphatic rings. The minimum Gasteiger partial charge on any atom is -0.207 e. The molecule has 0 saturated carbocycles. The van der Waals surface area contributed by atoms with E-state index in [1.54, 1.807) is 0 Å². The van der Waals surface area contributed by atoms with E-state index in [1.807, 2.05) is 18.4 Å². The smallest absolute Gasteiger partial charge is 0.207 e. The molecule has 0 N–H and O–H groups in total. The number of halogens is 1. The van der Waals surface area contributed by atoms with E-state index in [2.05, 4.69) is 0 Å². The van der Waals surface area contributed by atoms with Gasteiger partial charge in [0.2, 0.25) is 10.0 Å². The standard InChI is InChI=1S/C13H14FNO2S2/c1-10-6-7-18-13(10)9-15(2)19(16,17)12-5-3-4-11(14)8-12/h3-8H,9H2,1-2H3. The van der Waals surface area contributed by atoms with Crippen molar-refractivity contribution in [2.24, 2.45) is 0 Å². The molecule has 1 aromatic heterocycles. The molecule has 0 unspecified atom stereocenters. The number of benzene rings is 1. The molecule has 0 amide bonds. The summed E-state index contributed by atoms with van der Waals surface area (Å²) in [7, 11) is -2.15. The van der Waals surface area contributed by atoms with Crippen LogP contribution in [0.4, 0.5) is 4.39 Å². The van der Waals surface area contributed by atoms with Crippen LogP contribution in [-0.4, -0.2) is 19.8 Å². The highest BCUT2D eigenvalue weighted by Gasteiger charge is 2.22. The van der Waals surface area contributed by atoms with Gasteiger partial charge in [-0.2, -0.15) is 4.31 Å². The van der Waals surface area contributed by atoms with Crippen LogP contribution >= 0.6 is 11.3 Å². The van der Waals surface area contributed by atoms with Crippen LogP contribution in [0.3, 0.4) is 0 Å². The minimum atomic E-state index is -3.65. The Morgan fingerprint density at radius 2 is 2.05 bits per heavy atom. The van der Waals surface area contributed by atoms with E-state index >= 15 is 0 Å². The zero-order valence-corrected chi connectivity index (χ0v) is 12.3. The first-order chi connectivity index (χ1) is 8.91. The van der Waals surface area contributed by atoms with E-state index in [4.69, 9.17) is 0 Å². The maximum absolute atomic E-state index is 13.1. The second-order valence-corrected chi connectivity index (χ2v) is 7.29. The van der Waals surface area contributed by atoms with Gasteiger partial charge in [0.05, 0.1) is 4.90 Å². The molecule has 1 heterocycles. The van der Waals surface area contributed by atoms with Crippen LogP contribution in [0.5, 0.6) is 0 Å². The van der Waals surface area contributed by atoms with Crippen molar-refractivity contribution in [1.82, 2.24) is 4.31 Å². The maximum Gasteiger partial charge on any atom is 0.243 e. The van der Waals surface area contributed by atoms with Crippen molar-refractivity contribution in [3.63, 3.8) is 0 Å². The van der Waals surface area contributed by atoms with Crippen molar-refractivity contribution in [2.45, 2.75) is 18.4 Å². The summed E-state index contributed by atoms with van der Waals surface area (Å²) in [6.45, 7) is 2.23. The number of rotatable bonds is 4. The predicted octanol–water partition coefficient (Wildman–Crippen LogP) is 3.02. The van der Waals surface area contributed by atoms with Crippen molar-refractivity contribution < 1.29 is 12.8 Å². The van der Waals surface area contributed by atoms with Crippen LogP contribution in [-0.2, 0) is 16.6 Å². The van der Waals surface area contributed by atoms with Gasteiger partial charge in [0, 0.05) is 18.5 Å². The molecule has 0 radical (unpaired) electrons. The molecule has 0 saturated heterocycles. The summed E-state index contributed by atoms with van der Waals surface area (Å²) in [5.41, 5.74) is 1.06. The molecule has 19 heavy (non-hydrogen) atoms. The fourth-order valence-electron chi connectivity index (χ4n) is 1.66. The molecule has 0 bridgehead atoms. The van der Waals surface area contributed by atoms with Crippen LogP contribution in [0.25, 0.3) is 0 Å². The van der Waals surface area contributed by atoms with Gasteiger partial charge in [-0.05, 0) is 42.1 Å². The van der Waals surface area contributed by atoms with E-state index in [1.165, 1.54) is 40.9 Å². The van der Waals surface area contributed by atoms with E-state index in [-0.39, 0.29) is 4.90 Å². The average molecular weight is 299 g/mol. The fourth-order valence-corrected chi connectivity index (χ4v) is 3.87. The first-order valence-corrected chi connectivity index (χ1v) is 7.98. The largest absolute Gasteiger partial charge is 0.243 e. The van der Waals surface area contributed by atoms with Crippen LogP contribution in [0, 0.1) is 12.7 Å². The Balaban J connectivity index is 2.27. The van der Waals surface area contributed by atoms with Gasteiger partial charge in [-0.3, -0.25) is 0 Å². The Morgan fingerprint density at radius 1 is 1.32 bits per heavy atom. The van der Waals surface area contributed by atoms with E-state index < -0.39 is 15.8 Å². The molecule has 3 nitrogen and oxygen atoms in total. The van der Waals surface area contributed by atoms with E-state index in [0.29, 0.717) is 6.54 Å². The van der Waals surface area contributed by atoms with Gasteiger partial charge in [0.25, 0.3) is 0 Å². The first-order valence-electron chi connectivity index (χ1n) is 5.66. The SMILES string of the molecule is Cc1ccsc1CN(C)S(=O)(=O)c1cccc(F)c1. The number of hydrogen-bond acceptors (Lipinski definition) is 3. The summed E-state index contributed by atoms with van der Waals surface area (Å²) in [6, 6.07) is 7.00. The lowest BCUT2D eigenvalue weighted by Gasteiger charge is -2.17. The normalized spacial score (nSPS) is 12.0. The van der Waals surface area contributed by atoms with Crippen LogP contribution in [0.1, 0.15) is 10.4 Å². The minimum absolute atomic E-state index is 0.0239. The molecule has 0 fully saturated rings. The van der Waals surface area contributed by atoms with Gasteiger partial charge < -0.3 is 0 Å². The fraction of sp³-hybridized carbons (Fsp3) is 0.231. The van der Waals surface area contributed by atoms with Gasteiger partial charge in [0.15, 0.2) is 0 Å². The number of nitrogens with zero attached hydrogens (tertiary/aromatic N) is 1. The van der Waals surface area contributed by atoms with Crippen LogP contribution < -0.4 is 0 Å². The Kier molecular flexibility index (Phi) is 4.03. The Labute approximate surface area is 116 Å². The highest BCUT2D eigenvalue weighted by molar-refractivity contribution is 7.89. The quantitative estimate of drug-likeness (QED) is 0.870. The summed E-state index contributed by atoms with van der Waals surface area (Å²) >= 11 is 1.51. The molecule has 6 heteroatoms. The highest BCUT2D eigenvalue weighted by Crippen LogP contribution is 2.22. The highest BCUT2D eigenvalue weighted by atomic mass is 32.2. The summed E-state index contributed by atoms with van der Waals surface area (Å²) < 4.78 is 38.9. The molecule has 102 valence electrons. The van der Waals surface area contributed by atoms with E-state index in [0.717, 1.165) is 16.5 Å². The van der Waals surface area contributed by atoms with Gasteiger partial charge in [-0.25, -0.2) is 12.8 Å². The van der Waals surface area contributed by atoms with Gasteiger partial charge >= 0.3 is 0 Å². The molecule has 2 rings (SSSR count). The second-order valence-electron chi connectivity index (χ2n) is 4.25. The Morgan fingerprint density at radius 3 is 2.63 bits per heavy atom. The molecular formula is C13H14FNO2S2. The third-order valence-electron chi connectivity index (χ3n) is 2.84. The molecule has 0 aliphatic heterocycles. The van der Waals surface area contributed by atoms with E-state index in [9.17, 15) is 12.8 Å². The predicted molar refractivity (Wildman–Crippen MR) is 74.1 cm³/mol. The molecule has 0 spiro atoms. The lowest BCUT2D eigenvalue weighted by atomic mass is 10.3. The summed E-state index contributed by atoms with van der Waals surface area (Å²) in [4.78, 5) is 0.965. The summed E-state index contributed by atoms with van der Waals surface area (Å²) in [5, 5.41) is 1.92. The van der Waals surface area contributed by atoms with Crippen LogP contribution in [0.15, 0.2) is 40.6 Å². The van der Waals surface area contributed by atoms with Crippen molar-refractivity contribution in [3.05, 3.63) is 52.0 Å². The van der Waals surface area contributed by atoms with Crippen LogP contribution in [0.2, 0.25) is 0 Å². The lowest BCUT2D eigenvalue weighted by molar-refractivity contribution is 0.468. The van der Waals surface area contributed by atoms with Crippen molar-refractivity contribution in [3.8, 4) is 0 Å². The Hall–Kier alpha value is -1.24. The second kappa shape index (κ2) is 5.40. The molecule has 0 atom stereocenters. The molecule has 0 aliphatic carbocycles. The average Bonchev–Trinajstić information content (AvgIpc) is 2.75. The zero-order valence-electron chi connectivity index (χ0n) is 10.6. The number of sulfonamides is 1. The zero-order chi connectivity index (χ0) is 14.0. The van der Waals surface area contributed by atoms with Crippen molar-refractivity contribution in [2.75, 3.05) is 7.05 Å². The third-order valence-corrected chi connectivity index (χ3v) is 5.65. The summed E-state index contributed by atoms with van der Waals surface area (Å²) in [6.07, 6.45) is 0. The molecule has 1 aromatic carbocycles. The number of thiophene rings is 1. The summed E-state index contributed by atoms with van der Waals surface area (Å²) in [5.74, 6) is -0.554. The maximum atomic E-state index is 13.1. The van der Waals surface area contributed by atoms with Gasteiger partial charge in [-0.1, -0.05) is 6.07 Å². The Bertz CT molecular complexity index is 679. The van der Waals surface area contributed by atoms with Gasteiger partial charge in [-0.15, -0.1) is 11.3 Å². The van der Waals surface area contributed by atoms with Gasteiger partial charge in [0.1, 0.15) is 5.82 Å². The van der Waals surface area contributed by atoms with Crippen molar-refractivity contribution in [1.29, 1.82) is 0 Å².